The van der Waals surface area contributed by atoms with Gasteiger partial charge in [0.1, 0.15) is 6.29 Å². The number of likely N-dealkylation sites (tertiary alicyclic amines) is 1. The van der Waals surface area contributed by atoms with Crippen LogP contribution in [0.15, 0.2) is 24.3 Å². The van der Waals surface area contributed by atoms with Gasteiger partial charge >= 0.3 is 12.1 Å². The van der Waals surface area contributed by atoms with E-state index in [1.807, 2.05) is 0 Å². The predicted molar refractivity (Wildman–Crippen MR) is 64.2 cm³/mol. The van der Waals surface area contributed by atoms with Gasteiger partial charge in [0.15, 0.2) is 0 Å². The lowest BCUT2D eigenvalue weighted by Crippen LogP contribution is -2.41. The normalized spacial score (nSPS) is 28.1. The van der Waals surface area contributed by atoms with E-state index in [1.165, 1.54) is 0 Å². The van der Waals surface area contributed by atoms with E-state index in [2.05, 4.69) is 0 Å². The summed E-state index contributed by atoms with van der Waals surface area (Å²) in [6.07, 6.45) is -3.28. The fourth-order valence-electron chi connectivity index (χ4n) is 3.16. The molecule has 6 heteroatoms. The maximum absolute atomic E-state index is 12.4. The third-order valence-corrected chi connectivity index (χ3v) is 4.30. The van der Waals surface area contributed by atoms with E-state index in [0.29, 0.717) is 5.56 Å². The highest BCUT2D eigenvalue weighted by Gasteiger charge is 2.63. The second-order valence-corrected chi connectivity index (χ2v) is 5.48. The highest BCUT2D eigenvalue weighted by atomic mass is 19.4. The van der Waals surface area contributed by atoms with Crippen molar-refractivity contribution in [3.8, 4) is 0 Å². The summed E-state index contributed by atoms with van der Waals surface area (Å²) in [5, 5.41) is 0. The van der Waals surface area contributed by atoms with Gasteiger partial charge in [0, 0.05) is 24.1 Å². The molecule has 0 radical (unpaired) electrons. The molecule has 1 aromatic carbocycles. The second-order valence-electron chi connectivity index (χ2n) is 5.48. The lowest BCUT2D eigenvalue weighted by atomic mass is 9.94. The van der Waals surface area contributed by atoms with Crippen LogP contribution in [-0.4, -0.2) is 36.4 Å². The summed E-state index contributed by atoms with van der Waals surface area (Å²) in [4.78, 5) is 22.8. The molecule has 1 saturated carbocycles. The molecule has 2 aliphatic rings. The van der Waals surface area contributed by atoms with Gasteiger partial charge in [0.2, 0.25) is 0 Å². The number of hydrogen-bond donors (Lipinski definition) is 0. The van der Waals surface area contributed by atoms with Crippen LogP contribution in [0, 0.1) is 5.92 Å². The quantitative estimate of drug-likeness (QED) is 0.780. The van der Waals surface area contributed by atoms with Crippen molar-refractivity contribution in [2.24, 2.45) is 5.92 Å². The van der Waals surface area contributed by atoms with Crippen LogP contribution in [-0.2, 0) is 10.2 Å². The number of alkyl halides is 3. The molecule has 1 aromatic rings. The number of amides is 1. The Morgan fingerprint density at radius 2 is 1.95 bits per heavy atom. The van der Waals surface area contributed by atoms with E-state index >= 15 is 0 Å². The monoisotopic (exact) mass is 283 g/mol. The van der Waals surface area contributed by atoms with Gasteiger partial charge in [0.25, 0.3) is 0 Å². The van der Waals surface area contributed by atoms with Gasteiger partial charge in [-0.05, 0) is 17.9 Å². The molecule has 1 amide bonds. The number of aldehydes is 1. The number of rotatable bonds is 2. The summed E-state index contributed by atoms with van der Waals surface area (Å²) in [5.74, 6) is -1.66. The topological polar surface area (TPSA) is 37.4 Å². The molecule has 0 unspecified atom stereocenters. The molecular weight excluding hydrogens is 271 g/mol. The predicted octanol–water partition coefficient (Wildman–Crippen LogP) is 2.16. The summed E-state index contributed by atoms with van der Waals surface area (Å²) in [6, 6.07) is 6.85. The molecule has 2 atom stereocenters. The number of halogens is 3. The van der Waals surface area contributed by atoms with Crippen LogP contribution in [0.3, 0.4) is 0 Å². The maximum Gasteiger partial charge on any atom is 0.471 e. The zero-order valence-corrected chi connectivity index (χ0v) is 10.5. The fourth-order valence-corrected chi connectivity index (χ4v) is 3.16. The van der Waals surface area contributed by atoms with Crippen LogP contribution in [0.2, 0.25) is 0 Å². The lowest BCUT2D eigenvalue weighted by Gasteiger charge is -2.22. The molecule has 3 rings (SSSR count). The van der Waals surface area contributed by atoms with Crippen molar-refractivity contribution < 1.29 is 22.8 Å². The summed E-state index contributed by atoms with van der Waals surface area (Å²) < 4.78 is 37.3. The molecule has 3 nitrogen and oxygen atoms in total. The van der Waals surface area contributed by atoms with Crippen LogP contribution >= 0.6 is 0 Å². The van der Waals surface area contributed by atoms with Crippen LogP contribution in [0.1, 0.15) is 22.3 Å². The zero-order chi connectivity index (χ0) is 14.5. The minimum Gasteiger partial charge on any atom is -0.334 e. The Kier molecular flexibility index (Phi) is 2.68. The van der Waals surface area contributed by atoms with Gasteiger partial charge < -0.3 is 4.90 Å². The number of nitrogens with zero attached hydrogens (tertiary/aromatic N) is 1. The van der Waals surface area contributed by atoms with Crippen molar-refractivity contribution in [2.45, 2.75) is 18.0 Å². The molecule has 2 fully saturated rings. The molecule has 0 bridgehead atoms. The van der Waals surface area contributed by atoms with Crippen molar-refractivity contribution in [3.63, 3.8) is 0 Å². The van der Waals surface area contributed by atoms with Gasteiger partial charge in [-0.2, -0.15) is 13.2 Å². The van der Waals surface area contributed by atoms with E-state index in [4.69, 9.17) is 0 Å². The molecular formula is C14H12F3NO2. The first-order chi connectivity index (χ1) is 9.37. The number of piperidine rings is 1. The van der Waals surface area contributed by atoms with Crippen LogP contribution in [0.4, 0.5) is 13.2 Å². The third kappa shape index (κ3) is 1.90. The number of carbonyl (C=O) groups excluding carboxylic acids is 2. The maximum atomic E-state index is 12.4. The number of hydrogen-bond acceptors (Lipinski definition) is 2. The second kappa shape index (κ2) is 4.07. The number of carbonyl (C=O) groups is 2. The summed E-state index contributed by atoms with van der Waals surface area (Å²) >= 11 is 0. The van der Waals surface area contributed by atoms with Crippen LogP contribution in [0.25, 0.3) is 0 Å². The number of benzene rings is 1. The Labute approximate surface area is 113 Å². The third-order valence-electron chi connectivity index (χ3n) is 4.30. The van der Waals surface area contributed by atoms with Gasteiger partial charge in [-0.3, -0.25) is 9.59 Å². The Hall–Kier alpha value is -1.85. The summed E-state index contributed by atoms with van der Waals surface area (Å²) in [5.41, 5.74) is 1.09. The van der Waals surface area contributed by atoms with E-state index in [9.17, 15) is 22.8 Å². The Balaban J connectivity index is 1.79. The molecule has 1 saturated heterocycles. The van der Waals surface area contributed by atoms with E-state index in [-0.39, 0.29) is 24.4 Å². The first-order valence-electron chi connectivity index (χ1n) is 6.29. The lowest BCUT2D eigenvalue weighted by molar-refractivity contribution is -0.184. The SMILES string of the molecule is O=Cc1ccc([C@]23C[C@H]2CN(C(=O)C(F)(F)F)C3)cc1. The summed E-state index contributed by atoms with van der Waals surface area (Å²) in [6.45, 7) is 0.268. The Bertz CT molecular complexity index is 567. The molecule has 1 aliphatic carbocycles. The highest BCUT2D eigenvalue weighted by Crippen LogP contribution is 2.59. The standard InChI is InChI=1S/C14H12F3NO2/c15-14(16,17)12(20)18-6-11-5-13(11,8-18)10-3-1-9(7-19)2-4-10/h1-4,7,11H,5-6,8H2/t11-,13+/m0/s1. The smallest absolute Gasteiger partial charge is 0.334 e. The zero-order valence-electron chi connectivity index (χ0n) is 10.5. The summed E-state index contributed by atoms with van der Waals surface area (Å²) in [7, 11) is 0. The average Bonchev–Trinajstić information content (AvgIpc) is 2.99. The molecule has 1 heterocycles. The molecule has 1 aliphatic heterocycles. The number of fused-ring (bicyclic) bond motifs is 1. The van der Waals surface area contributed by atoms with Crippen molar-refractivity contribution in [3.05, 3.63) is 35.4 Å². The highest BCUT2D eigenvalue weighted by molar-refractivity contribution is 5.82. The minimum atomic E-state index is -4.81. The van der Waals surface area contributed by atoms with Crippen molar-refractivity contribution in [1.29, 1.82) is 0 Å². The van der Waals surface area contributed by atoms with E-state index < -0.39 is 12.1 Å². The van der Waals surface area contributed by atoms with Crippen molar-refractivity contribution in [1.82, 2.24) is 4.90 Å². The average molecular weight is 283 g/mol. The molecule has 0 aromatic heterocycles. The first kappa shape index (κ1) is 13.1. The van der Waals surface area contributed by atoms with Gasteiger partial charge in [0.05, 0.1) is 0 Å². The van der Waals surface area contributed by atoms with Gasteiger partial charge in [-0.25, -0.2) is 0 Å². The minimum absolute atomic E-state index is 0.0934. The van der Waals surface area contributed by atoms with Gasteiger partial charge in [-0.15, -0.1) is 0 Å². The van der Waals surface area contributed by atoms with Gasteiger partial charge in [-0.1, -0.05) is 24.3 Å². The molecule has 20 heavy (non-hydrogen) atoms. The van der Waals surface area contributed by atoms with Crippen LogP contribution < -0.4 is 0 Å². The van der Waals surface area contributed by atoms with E-state index in [1.54, 1.807) is 24.3 Å². The Morgan fingerprint density at radius 3 is 2.50 bits per heavy atom. The van der Waals surface area contributed by atoms with Crippen molar-refractivity contribution >= 4 is 12.2 Å². The first-order valence-corrected chi connectivity index (χ1v) is 6.29. The Morgan fingerprint density at radius 1 is 1.30 bits per heavy atom. The van der Waals surface area contributed by atoms with Crippen molar-refractivity contribution in [2.75, 3.05) is 13.1 Å². The van der Waals surface area contributed by atoms with E-state index in [0.717, 1.165) is 23.2 Å². The molecule has 0 N–H and O–H groups in total. The largest absolute Gasteiger partial charge is 0.471 e. The van der Waals surface area contributed by atoms with Crippen LogP contribution in [0.5, 0.6) is 0 Å². The fraction of sp³-hybridized carbons (Fsp3) is 0.429. The molecule has 106 valence electrons. The molecule has 0 spiro atoms.